The molecule has 3 rings (SSSR count). The van der Waals surface area contributed by atoms with Crippen molar-refractivity contribution in [1.29, 1.82) is 0 Å². The van der Waals surface area contributed by atoms with Crippen molar-refractivity contribution in [2.75, 3.05) is 19.6 Å². The Morgan fingerprint density at radius 1 is 0.893 bits per heavy atom. The average molecular weight is 385 g/mol. The highest BCUT2D eigenvalue weighted by Crippen LogP contribution is 2.21. The Hall–Kier alpha value is -2.40. The van der Waals surface area contributed by atoms with Gasteiger partial charge in [-0.25, -0.2) is 8.78 Å². The fraction of sp³-hybridized carbons (Fsp3) is 0.391. The van der Waals surface area contributed by atoms with E-state index in [1.165, 1.54) is 36.4 Å². The summed E-state index contributed by atoms with van der Waals surface area (Å²) < 4.78 is 25.9. The van der Waals surface area contributed by atoms with Gasteiger partial charge in [0.25, 0.3) is 0 Å². The van der Waals surface area contributed by atoms with Gasteiger partial charge in [-0.15, -0.1) is 0 Å². The zero-order chi connectivity index (χ0) is 19.9. The van der Waals surface area contributed by atoms with Crippen LogP contribution in [-0.2, 0) is 11.2 Å². The molecule has 0 amide bonds. The molecule has 2 aromatic carbocycles. The van der Waals surface area contributed by atoms with Gasteiger partial charge in [-0.05, 0) is 80.9 Å². The van der Waals surface area contributed by atoms with Crippen molar-refractivity contribution in [3.8, 4) is 0 Å². The van der Waals surface area contributed by atoms with E-state index in [1.54, 1.807) is 12.1 Å². The summed E-state index contributed by atoms with van der Waals surface area (Å²) in [6.45, 7) is 2.53. The van der Waals surface area contributed by atoms with Crippen LogP contribution < -0.4 is 0 Å². The van der Waals surface area contributed by atoms with Crippen LogP contribution in [0.5, 0.6) is 0 Å². The van der Waals surface area contributed by atoms with Crippen molar-refractivity contribution in [2.24, 2.45) is 5.92 Å². The van der Waals surface area contributed by atoms with E-state index in [-0.39, 0.29) is 29.1 Å². The number of hydrogen-bond acceptors (Lipinski definition) is 3. The minimum Gasteiger partial charge on any atom is -0.303 e. The second-order valence-corrected chi connectivity index (χ2v) is 7.42. The van der Waals surface area contributed by atoms with Crippen molar-refractivity contribution in [3.05, 3.63) is 71.3 Å². The zero-order valence-corrected chi connectivity index (χ0v) is 15.9. The number of carbonyl (C=O) groups excluding carboxylic acids is 2. The van der Waals surface area contributed by atoms with Gasteiger partial charge < -0.3 is 4.90 Å². The van der Waals surface area contributed by atoms with Crippen LogP contribution in [0.15, 0.2) is 48.5 Å². The predicted molar refractivity (Wildman–Crippen MR) is 104 cm³/mol. The molecular formula is C23H25F2NO2. The number of Topliss-reactive ketones (excluding diaryl/α,β-unsaturated/α-hetero) is 2. The number of nitrogens with zero attached hydrogens (tertiary/aromatic N) is 1. The molecule has 0 N–H and O–H groups in total. The maximum atomic E-state index is 13.0. The van der Waals surface area contributed by atoms with Crippen molar-refractivity contribution in [1.82, 2.24) is 4.90 Å². The summed E-state index contributed by atoms with van der Waals surface area (Å²) in [4.78, 5) is 26.9. The minimum atomic E-state index is -0.339. The van der Waals surface area contributed by atoms with Crippen LogP contribution >= 0.6 is 0 Å². The SMILES string of the molecule is O=C(CCCN1CCC(C(=O)Cc2ccc(F)cc2)CC1)c1ccc(F)cc1. The number of benzene rings is 2. The first-order chi connectivity index (χ1) is 13.5. The molecule has 3 nitrogen and oxygen atoms in total. The molecule has 0 radical (unpaired) electrons. The number of carbonyl (C=O) groups is 2. The van der Waals surface area contributed by atoms with Crippen LogP contribution in [0.25, 0.3) is 0 Å². The summed E-state index contributed by atoms with van der Waals surface area (Å²) in [5.74, 6) is -0.319. The first-order valence-corrected chi connectivity index (χ1v) is 9.79. The maximum absolute atomic E-state index is 13.0. The highest BCUT2D eigenvalue weighted by Gasteiger charge is 2.24. The summed E-state index contributed by atoms with van der Waals surface area (Å²) in [5.41, 5.74) is 1.40. The quantitative estimate of drug-likeness (QED) is 0.630. The lowest BCUT2D eigenvalue weighted by molar-refractivity contribution is -0.123. The minimum absolute atomic E-state index is 0.0318. The Kier molecular flexibility index (Phi) is 7.04. The van der Waals surface area contributed by atoms with Crippen molar-refractivity contribution >= 4 is 11.6 Å². The Balaban J connectivity index is 1.36. The number of hydrogen-bond donors (Lipinski definition) is 0. The molecule has 1 aliphatic rings. The third-order valence-electron chi connectivity index (χ3n) is 5.38. The van der Waals surface area contributed by atoms with Gasteiger partial charge in [0.05, 0.1) is 0 Å². The Morgan fingerprint density at radius 3 is 2.07 bits per heavy atom. The van der Waals surface area contributed by atoms with Crippen LogP contribution in [0.3, 0.4) is 0 Å². The third kappa shape index (κ3) is 5.80. The second-order valence-electron chi connectivity index (χ2n) is 7.42. The molecule has 0 unspecified atom stereocenters. The van der Waals surface area contributed by atoms with Gasteiger partial charge in [0, 0.05) is 24.3 Å². The van der Waals surface area contributed by atoms with Crippen LogP contribution in [0, 0.1) is 17.6 Å². The van der Waals surface area contributed by atoms with Gasteiger partial charge in [-0.1, -0.05) is 12.1 Å². The van der Waals surface area contributed by atoms with E-state index in [4.69, 9.17) is 0 Å². The molecule has 0 spiro atoms. The van der Waals surface area contributed by atoms with Crippen molar-refractivity contribution in [2.45, 2.75) is 32.1 Å². The van der Waals surface area contributed by atoms with Gasteiger partial charge in [0.2, 0.25) is 0 Å². The van der Waals surface area contributed by atoms with Gasteiger partial charge in [0.1, 0.15) is 17.4 Å². The largest absolute Gasteiger partial charge is 0.303 e. The van der Waals surface area contributed by atoms with Crippen LogP contribution in [0.2, 0.25) is 0 Å². The lowest BCUT2D eigenvalue weighted by Gasteiger charge is -2.31. The fourth-order valence-electron chi connectivity index (χ4n) is 3.67. The molecule has 0 atom stereocenters. The van der Waals surface area contributed by atoms with Crippen LogP contribution in [-0.4, -0.2) is 36.1 Å². The topological polar surface area (TPSA) is 37.4 Å². The highest BCUT2D eigenvalue weighted by atomic mass is 19.1. The summed E-state index contributed by atoms with van der Waals surface area (Å²) in [7, 11) is 0. The number of halogens is 2. The average Bonchev–Trinajstić information content (AvgIpc) is 2.70. The van der Waals surface area contributed by atoms with Crippen molar-refractivity contribution in [3.63, 3.8) is 0 Å². The number of likely N-dealkylation sites (tertiary alicyclic amines) is 1. The molecule has 148 valence electrons. The molecule has 28 heavy (non-hydrogen) atoms. The molecule has 1 aliphatic heterocycles. The monoisotopic (exact) mass is 385 g/mol. The summed E-state index contributed by atoms with van der Waals surface area (Å²) in [6.07, 6.45) is 3.20. The molecule has 0 aliphatic carbocycles. The number of piperidine rings is 1. The number of rotatable bonds is 8. The molecule has 5 heteroatoms. The van der Waals surface area contributed by atoms with Gasteiger partial charge in [-0.2, -0.15) is 0 Å². The summed E-state index contributed by atoms with van der Waals surface area (Å²) in [5, 5.41) is 0. The molecule has 0 aromatic heterocycles. The molecular weight excluding hydrogens is 360 g/mol. The zero-order valence-electron chi connectivity index (χ0n) is 15.9. The van der Waals surface area contributed by atoms with E-state index in [0.717, 1.165) is 44.5 Å². The van der Waals surface area contributed by atoms with Crippen LogP contribution in [0.1, 0.15) is 41.6 Å². The van der Waals surface area contributed by atoms with E-state index in [9.17, 15) is 18.4 Å². The first-order valence-electron chi connectivity index (χ1n) is 9.79. The lowest BCUT2D eigenvalue weighted by atomic mass is 9.89. The fourth-order valence-corrected chi connectivity index (χ4v) is 3.67. The van der Waals surface area contributed by atoms with E-state index in [1.807, 2.05) is 0 Å². The van der Waals surface area contributed by atoms with Crippen molar-refractivity contribution < 1.29 is 18.4 Å². The van der Waals surface area contributed by atoms with E-state index in [2.05, 4.69) is 4.90 Å². The van der Waals surface area contributed by atoms with Gasteiger partial charge >= 0.3 is 0 Å². The van der Waals surface area contributed by atoms with Crippen LogP contribution in [0.4, 0.5) is 8.78 Å². The Morgan fingerprint density at radius 2 is 1.46 bits per heavy atom. The Labute approximate surface area is 164 Å². The molecule has 2 aromatic rings. The number of ketones is 2. The summed E-state index contributed by atoms with van der Waals surface area (Å²) >= 11 is 0. The molecule has 1 heterocycles. The predicted octanol–water partition coefficient (Wildman–Crippen LogP) is 4.45. The normalized spacial score (nSPS) is 15.5. The van der Waals surface area contributed by atoms with Gasteiger partial charge in [-0.3, -0.25) is 9.59 Å². The lowest BCUT2D eigenvalue weighted by Crippen LogP contribution is -2.37. The Bertz CT molecular complexity index is 794. The van der Waals surface area contributed by atoms with E-state index >= 15 is 0 Å². The molecule has 0 bridgehead atoms. The molecule has 0 saturated carbocycles. The van der Waals surface area contributed by atoms with E-state index < -0.39 is 0 Å². The standard InChI is InChI=1S/C23H25F2NO2/c24-20-7-3-17(4-8-20)16-23(28)19-11-14-26(15-12-19)13-1-2-22(27)18-5-9-21(25)10-6-18/h3-10,19H,1-2,11-16H2. The van der Waals surface area contributed by atoms with E-state index in [0.29, 0.717) is 18.4 Å². The second kappa shape index (κ2) is 9.69. The van der Waals surface area contributed by atoms with Gasteiger partial charge in [0.15, 0.2) is 5.78 Å². The summed E-state index contributed by atoms with van der Waals surface area (Å²) in [6, 6.07) is 11.8. The third-order valence-corrected chi connectivity index (χ3v) is 5.38. The molecule has 1 saturated heterocycles. The molecule has 1 fully saturated rings. The smallest absolute Gasteiger partial charge is 0.162 e. The maximum Gasteiger partial charge on any atom is 0.162 e. The highest BCUT2D eigenvalue weighted by molar-refractivity contribution is 5.95. The first kappa shape index (κ1) is 20.3.